The monoisotopic (exact) mass is 490 g/mol. The first-order valence-corrected chi connectivity index (χ1v) is 12.9. The molecule has 0 aliphatic carbocycles. The van der Waals surface area contributed by atoms with Gasteiger partial charge in [0, 0.05) is 22.5 Å². The Morgan fingerprint density at radius 3 is 2.24 bits per heavy atom. The molecule has 7 rings (SSSR count). The van der Waals surface area contributed by atoms with Crippen molar-refractivity contribution >= 4 is 32.6 Å². The van der Waals surface area contributed by atoms with Crippen LogP contribution in [0.2, 0.25) is 0 Å². The van der Waals surface area contributed by atoms with Gasteiger partial charge in [0.25, 0.3) is 0 Å². The summed E-state index contributed by atoms with van der Waals surface area (Å²) in [7, 11) is 0. The third-order valence-corrected chi connectivity index (χ3v) is 7.49. The summed E-state index contributed by atoms with van der Waals surface area (Å²) >= 11 is 0. The molecule has 0 saturated heterocycles. The third kappa shape index (κ3) is 3.49. The molecule has 3 aromatic heterocycles. The molecule has 38 heavy (non-hydrogen) atoms. The van der Waals surface area contributed by atoms with Crippen LogP contribution in [0.5, 0.6) is 0 Å². The lowest BCUT2D eigenvalue weighted by molar-refractivity contribution is 0.591. The molecule has 0 atom stereocenters. The normalized spacial score (nSPS) is 11.9. The second kappa shape index (κ2) is 8.63. The minimum atomic E-state index is -0.436. The Kier molecular flexibility index (Phi) is 5.08. The molecule has 0 radical (unpaired) electrons. The van der Waals surface area contributed by atoms with Crippen molar-refractivity contribution < 1.29 is 0 Å². The van der Waals surface area contributed by atoms with Crippen molar-refractivity contribution in [1.82, 2.24) is 19.7 Å². The minimum Gasteiger partial charge on any atom is -0.256 e. The highest BCUT2D eigenvalue weighted by molar-refractivity contribution is 5.96. The van der Waals surface area contributed by atoms with E-state index in [0.717, 1.165) is 50.1 Å². The molecule has 4 nitrogen and oxygen atoms in total. The molecule has 182 valence electrons. The zero-order valence-corrected chi connectivity index (χ0v) is 21.3. The number of para-hydroxylation sites is 2. The highest BCUT2D eigenvalue weighted by atomic mass is 15.3. The van der Waals surface area contributed by atoms with Crippen LogP contribution in [-0.4, -0.2) is 19.7 Å². The van der Waals surface area contributed by atoms with Gasteiger partial charge in [0.1, 0.15) is 0 Å². The van der Waals surface area contributed by atoms with E-state index in [1.807, 2.05) is 30.5 Å². The molecule has 0 unspecified atom stereocenters. The van der Waals surface area contributed by atoms with E-state index in [2.05, 4.69) is 115 Å². The van der Waals surface area contributed by atoms with Gasteiger partial charge in [-0.3, -0.25) is 9.97 Å². The third-order valence-electron chi connectivity index (χ3n) is 7.49. The zero-order chi connectivity index (χ0) is 25.7. The van der Waals surface area contributed by atoms with Gasteiger partial charge in [-0.1, -0.05) is 84.9 Å². The van der Waals surface area contributed by atoms with Crippen molar-refractivity contribution in [1.29, 1.82) is 0 Å². The van der Waals surface area contributed by atoms with Gasteiger partial charge in [0.2, 0.25) is 0 Å². The molecule has 0 N–H and O–H groups in total. The Bertz CT molecular complexity index is 1950. The fourth-order valence-corrected chi connectivity index (χ4v) is 5.48. The van der Waals surface area contributed by atoms with Crippen LogP contribution in [0.4, 0.5) is 0 Å². The first kappa shape index (κ1) is 22.4. The summed E-state index contributed by atoms with van der Waals surface area (Å²) in [4.78, 5) is 9.78. The molecule has 4 heteroatoms. The molecule has 0 fully saturated rings. The molecule has 7 aromatic rings. The van der Waals surface area contributed by atoms with Gasteiger partial charge in [0.05, 0.1) is 39.2 Å². The molecule has 0 saturated carbocycles. The number of fused-ring (bicyclic) bond motifs is 3. The number of aromatic nitrogens is 4. The van der Waals surface area contributed by atoms with Gasteiger partial charge in [0.15, 0.2) is 0 Å². The predicted octanol–water partition coefficient (Wildman–Crippen LogP) is 8.11. The summed E-state index contributed by atoms with van der Waals surface area (Å²) in [5.74, 6) is 0. The van der Waals surface area contributed by atoms with Crippen molar-refractivity contribution in [2.24, 2.45) is 0 Å². The maximum absolute atomic E-state index is 5.26. The van der Waals surface area contributed by atoms with Crippen LogP contribution in [0.1, 0.15) is 25.2 Å². The van der Waals surface area contributed by atoms with Crippen LogP contribution in [0.25, 0.3) is 49.5 Å². The summed E-state index contributed by atoms with van der Waals surface area (Å²) in [6.07, 6.45) is 1.86. The van der Waals surface area contributed by atoms with Gasteiger partial charge >= 0.3 is 0 Å². The van der Waals surface area contributed by atoms with Crippen molar-refractivity contribution in [3.8, 4) is 16.9 Å². The van der Waals surface area contributed by atoms with E-state index in [0.29, 0.717) is 0 Å². The fourth-order valence-electron chi connectivity index (χ4n) is 5.48. The lowest BCUT2D eigenvalue weighted by Crippen LogP contribution is -2.22. The number of rotatable bonds is 4. The largest absolute Gasteiger partial charge is 0.256 e. The fraction of sp³-hybridized carbons (Fsp3) is 0.0882. The highest BCUT2D eigenvalue weighted by Gasteiger charge is 2.31. The van der Waals surface area contributed by atoms with Crippen molar-refractivity contribution in [3.05, 3.63) is 133 Å². The van der Waals surface area contributed by atoms with E-state index in [1.165, 1.54) is 10.8 Å². The van der Waals surface area contributed by atoms with Crippen LogP contribution in [0.3, 0.4) is 0 Å². The van der Waals surface area contributed by atoms with Crippen LogP contribution in [0.15, 0.2) is 121 Å². The number of benzene rings is 4. The van der Waals surface area contributed by atoms with Gasteiger partial charge < -0.3 is 0 Å². The number of pyridine rings is 2. The molecule has 0 spiro atoms. The lowest BCUT2D eigenvalue weighted by atomic mass is 9.83. The summed E-state index contributed by atoms with van der Waals surface area (Å²) < 4.78 is 2.06. The van der Waals surface area contributed by atoms with Gasteiger partial charge in [-0.2, -0.15) is 5.10 Å². The molecule has 4 aromatic carbocycles. The standard InChI is InChI=1S/C34H26N4/c1-34(2,32-20-10-18-29(36-32)25-16-9-12-23-11-3-4-13-24(23)25)33-27-15-6-8-19-30(27)38(37-33)31-21-22-35-28-17-7-5-14-26(28)31/h3-22H,1-2H3. The summed E-state index contributed by atoms with van der Waals surface area (Å²) in [6, 6.07) is 39.9. The van der Waals surface area contributed by atoms with Crippen LogP contribution < -0.4 is 0 Å². The minimum absolute atomic E-state index is 0.436. The Labute approximate surface area is 221 Å². The number of hydrogen-bond acceptors (Lipinski definition) is 3. The van der Waals surface area contributed by atoms with E-state index in [-0.39, 0.29) is 0 Å². The molecule has 3 heterocycles. The molecule has 0 aliphatic rings. The maximum Gasteiger partial charge on any atom is 0.0823 e. The van der Waals surface area contributed by atoms with Gasteiger partial charge in [-0.05, 0) is 55.0 Å². The quantitative estimate of drug-likeness (QED) is 0.250. The van der Waals surface area contributed by atoms with Crippen LogP contribution in [-0.2, 0) is 5.41 Å². The van der Waals surface area contributed by atoms with Gasteiger partial charge in [-0.15, -0.1) is 0 Å². The van der Waals surface area contributed by atoms with E-state index in [1.54, 1.807) is 0 Å². The Morgan fingerprint density at radius 1 is 0.632 bits per heavy atom. The van der Waals surface area contributed by atoms with Crippen LogP contribution in [0, 0.1) is 0 Å². The predicted molar refractivity (Wildman–Crippen MR) is 156 cm³/mol. The molecule has 0 aliphatic heterocycles. The zero-order valence-electron chi connectivity index (χ0n) is 21.3. The molecular weight excluding hydrogens is 464 g/mol. The summed E-state index contributed by atoms with van der Waals surface area (Å²) in [6.45, 7) is 4.43. The Morgan fingerprint density at radius 2 is 1.34 bits per heavy atom. The van der Waals surface area contributed by atoms with Crippen molar-refractivity contribution in [2.75, 3.05) is 0 Å². The van der Waals surface area contributed by atoms with E-state index < -0.39 is 5.41 Å². The average Bonchev–Trinajstić information content (AvgIpc) is 3.37. The second-order valence-corrected chi connectivity index (χ2v) is 10.2. The molecular formula is C34H26N4. The highest BCUT2D eigenvalue weighted by Crippen LogP contribution is 2.37. The number of hydrogen-bond donors (Lipinski definition) is 0. The van der Waals surface area contributed by atoms with Crippen molar-refractivity contribution in [2.45, 2.75) is 19.3 Å². The SMILES string of the molecule is CC(C)(c1cccc(-c2cccc3ccccc23)n1)c1nn(-c2ccnc3ccccc23)c2ccccc12. The Balaban J connectivity index is 1.41. The maximum atomic E-state index is 5.26. The van der Waals surface area contributed by atoms with E-state index in [4.69, 9.17) is 10.1 Å². The van der Waals surface area contributed by atoms with Crippen molar-refractivity contribution in [3.63, 3.8) is 0 Å². The molecule has 0 amide bonds. The second-order valence-electron chi connectivity index (χ2n) is 10.2. The molecule has 0 bridgehead atoms. The topological polar surface area (TPSA) is 43.6 Å². The average molecular weight is 491 g/mol. The van der Waals surface area contributed by atoms with E-state index >= 15 is 0 Å². The van der Waals surface area contributed by atoms with Crippen LogP contribution >= 0.6 is 0 Å². The summed E-state index contributed by atoms with van der Waals surface area (Å²) in [5.41, 5.74) is 6.69. The lowest BCUT2D eigenvalue weighted by Gasteiger charge is -2.23. The number of nitrogens with zero attached hydrogens (tertiary/aromatic N) is 4. The first-order valence-electron chi connectivity index (χ1n) is 12.9. The Hall–Kier alpha value is -4.83. The smallest absolute Gasteiger partial charge is 0.0823 e. The summed E-state index contributed by atoms with van der Waals surface area (Å²) in [5, 5.41) is 9.87. The van der Waals surface area contributed by atoms with E-state index in [9.17, 15) is 0 Å². The first-order chi connectivity index (χ1) is 18.6. The van der Waals surface area contributed by atoms with Gasteiger partial charge in [-0.25, -0.2) is 4.68 Å².